The summed E-state index contributed by atoms with van der Waals surface area (Å²) in [5, 5.41) is 15.6. The quantitative estimate of drug-likeness (QED) is 0.123. The molecule has 0 saturated carbocycles. The van der Waals surface area contributed by atoms with Crippen molar-refractivity contribution < 1.29 is 0 Å². The van der Waals surface area contributed by atoms with Crippen LogP contribution in [-0.4, -0.2) is 14.5 Å². The van der Waals surface area contributed by atoms with Crippen LogP contribution in [0.2, 0.25) is 0 Å². The molecule has 1 heterocycles. The van der Waals surface area contributed by atoms with Crippen LogP contribution in [0.1, 0.15) is 0 Å². The molecule has 0 unspecified atom stereocenters. The third kappa shape index (κ3) is 5.00. The Hall–Kier alpha value is -6.76. The van der Waals surface area contributed by atoms with Crippen LogP contribution in [0.5, 0.6) is 0 Å². The minimum absolute atomic E-state index is 0.153. The summed E-state index contributed by atoms with van der Waals surface area (Å²) in [6, 6.07) is 76.9. The van der Waals surface area contributed by atoms with E-state index < -0.39 is 0 Å². The average molecular weight is 786 g/mol. The third-order valence-electron chi connectivity index (χ3n) is 12.0. The molecule has 12 rings (SSSR count). The molecule has 1 aromatic heterocycles. The van der Waals surface area contributed by atoms with Crippen LogP contribution < -0.4 is 0 Å². The molecule has 0 aliphatic carbocycles. The van der Waals surface area contributed by atoms with Gasteiger partial charge in [-0.05, 0) is 0 Å². The van der Waals surface area contributed by atoms with E-state index in [9.17, 15) is 0 Å². The molecule has 0 fully saturated rings. The van der Waals surface area contributed by atoms with E-state index in [4.69, 9.17) is 0 Å². The maximum atomic E-state index is 2.49. The third-order valence-corrected chi connectivity index (χ3v) is 14.6. The first-order valence-electron chi connectivity index (χ1n) is 19.7. The van der Waals surface area contributed by atoms with Crippen molar-refractivity contribution in [3.05, 3.63) is 206 Å². The van der Waals surface area contributed by atoms with Crippen LogP contribution in [0, 0.1) is 0 Å². The second-order valence-electron chi connectivity index (χ2n) is 15.1. The molecule has 0 aliphatic heterocycles. The summed E-state index contributed by atoms with van der Waals surface area (Å²) in [4.78, 5) is 0. The van der Waals surface area contributed by atoms with Gasteiger partial charge in [0, 0.05) is 0 Å². The van der Waals surface area contributed by atoms with Gasteiger partial charge in [-0.15, -0.1) is 0 Å². The van der Waals surface area contributed by atoms with Gasteiger partial charge in [-0.3, -0.25) is 0 Å². The Morgan fingerprint density at radius 2 is 0.684 bits per heavy atom. The Bertz CT molecular complexity index is 3460. The molecular weight excluding hydrogens is 752 g/mol. The van der Waals surface area contributed by atoms with Crippen LogP contribution in [0.15, 0.2) is 206 Å². The minimum atomic E-state index is 0.153. The molecule has 0 nitrogen and oxygen atoms in total. The predicted octanol–water partition coefficient (Wildman–Crippen LogP) is 15.5. The molecule has 264 valence electrons. The van der Waals surface area contributed by atoms with Crippen molar-refractivity contribution in [3.63, 3.8) is 0 Å². The van der Waals surface area contributed by atoms with Crippen molar-refractivity contribution >= 4 is 87.7 Å². The molecule has 12 aromatic rings. The Morgan fingerprint density at radius 1 is 0.246 bits per heavy atom. The Labute approximate surface area is 336 Å². The first-order valence-corrected chi connectivity index (χ1v) is 21.4. The molecule has 0 amide bonds. The molecule has 0 spiro atoms. The zero-order valence-electron chi connectivity index (χ0n) is 31.0. The molecule has 0 bridgehead atoms. The van der Waals surface area contributed by atoms with E-state index in [1.54, 1.807) is 0 Å². The van der Waals surface area contributed by atoms with Gasteiger partial charge in [0.05, 0.1) is 0 Å². The van der Waals surface area contributed by atoms with E-state index >= 15 is 0 Å². The van der Waals surface area contributed by atoms with Gasteiger partial charge in [-0.2, -0.15) is 0 Å². The van der Waals surface area contributed by atoms with Crippen LogP contribution in [0.25, 0.3) is 118 Å². The van der Waals surface area contributed by atoms with Gasteiger partial charge in [0.25, 0.3) is 0 Å². The summed E-state index contributed by atoms with van der Waals surface area (Å²) in [6.45, 7) is 0. The van der Waals surface area contributed by atoms with E-state index in [1.165, 1.54) is 118 Å². The summed E-state index contributed by atoms with van der Waals surface area (Å²) in [5.41, 5.74) is 10.4. The van der Waals surface area contributed by atoms with E-state index in [-0.39, 0.29) is 14.5 Å². The molecule has 0 N–H and O–H groups in total. The summed E-state index contributed by atoms with van der Waals surface area (Å²) < 4.78 is 2.92. The van der Waals surface area contributed by atoms with Gasteiger partial charge in [0.15, 0.2) is 0 Å². The summed E-state index contributed by atoms with van der Waals surface area (Å²) in [6.07, 6.45) is 0. The van der Waals surface area contributed by atoms with Crippen molar-refractivity contribution in [2.24, 2.45) is 0 Å². The fourth-order valence-corrected chi connectivity index (χ4v) is 12.1. The zero-order valence-corrected chi connectivity index (χ0v) is 32.8. The average Bonchev–Trinajstić information content (AvgIpc) is 3.66. The molecule has 57 heavy (non-hydrogen) atoms. The SMILES string of the molecule is c1ccc(-c2c3ccccc3c(-c3ccc4[se]c5c(-c6c7ccccc7c(-c7ccc8ccccc8c7)c7ccccc67)cccc5c4c3)c3ccccc23)cc1. The standard InChI is InChI=1S/C56H34Se/c1-2-16-36(17-3-1)52-40-19-6-8-21-42(40)54(43-22-9-7-20-41(43)52)39-31-32-51-50(34-39)48-27-14-28-49(56(48)57-51)55-46-25-12-10-23-44(46)53(45-24-11-13-26-47(45)55)38-30-29-35-15-4-5-18-37(35)33-38/h1-34H. The fraction of sp³-hybridized carbons (Fsp3) is 0. The van der Waals surface area contributed by atoms with Gasteiger partial charge in [0.1, 0.15) is 0 Å². The normalized spacial score (nSPS) is 11.9. The molecule has 11 aromatic carbocycles. The van der Waals surface area contributed by atoms with Crippen molar-refractivity contribution in [1.82, 2.24) is 0 Å². The number of benzene rings is 11. The van der Waals surface area contributed by atoms with Crippen LogP contribution >= 0.6 is 0 Å². The Morgan fingerprint density at radius 3 is 1.26 bits per heavy atom. The number of fused-ring (bicyclic) bond motifs is 8. The fourth-order valence-electron chi connectivity index (χ4n) is 9.58. The van der Waals surface area contributed by atoms with Gasteiger partial charge in [0.2, 0.25) is 0 Å². The van der Waals surface area contributed by atoms with Crippen LogP contribution in [-0.2, 0) is 0 Å². The number of hydrogen-bond acceptors (Lipinski definition) is 0. The monoisotopic (exact) mass is 786 g/mol. The van der Waals surface area contributed by atoms with Crippen molar-refractivity contribution in [2.75, 3.05) is 0 Å². The van der Waals surface area contributed by atoms with Crippen LogP contribution in [0.3, 0.4) is 0 Å². The summed E-state index contributed by atoms with van der Waals surface area (Å²) >= 11 is 0.153. The predicted molar refractivity (Wildman–Crippen MR) is 248 cm³/mol. The molecule has 1 heteroatoms. The Balaban J connectivity index is 1.10. The number of hydrogen-bond donors (Lipinski definition) is 0. The Kier molecular flexibility index (Phi) is 7.35. The number of rotatable bonds is 4. The van der Waals surface area contributed by atoms with Crippen LogP contribution in [0.4, 0.5) is 0 Å². The van der Waals surface area contributed by atoms with E-state index in [1.807, 2.05) is 0 Å². The van der Waals surface area contributed by atoms with E-state index in [2.05, 4.69) is 206 Å². The molecule has 0 radical (unpaired) electrons. The maximum absolute atomic E-state index is 2.49. The van der Waals surface area contributed by atoms with Crippen molar-refractivity contribution in [2.45, 2.75) is 0 Å². The van der Waals surface area contributed by atoms with E-state index in [0.29, 0.717) is 0 Å². The second kappa shape index (κ2) is 12.9. The molecule has 0 aliphatic rings. The van der Waals surface area contributed by atoms with Gasteiger partial charge >= 0.3 is 338 Å². The van der Waals surface area contributed by atoms with Gasteiger partial charge in [-0.1, -0.05) is 0 Å². The molecular formula is C56H34Se. The second-order valence-corrected chi connectivity index (χ2v) is 17.3. The van der Waals surface area contributed by atoms with Gasteiger partial charge < -0.3 is 0 Å². The first kappa shape index (κ1) is 32.5. The molecule has 0 saturated heterocycles. The van der Waals surface area contributed by atoms with Crippen molar-refractivity contribution in [3.8, 4) is 44.5 Å². The summed E-state index contributed by atoms with van der Waals surface area (Å²) in [5.74, 6) is 0. The zero-order chi connectivity index (χ0) is 37.5. The van der Waals surface area contributed by atoms with Gasteiger partial charge in [-0.25, -0.2) is 0 Å². The topological polar surface area (TPSA) is 0 Å². The van der Waals surface area contributed by atoms with E-state index in [0.717, 1.165) is 0 Å². The molecule has 0 atom stereocenters. The van der Waals surface area contributed by atoms with Crippen molar-refractivity contribution in [1.29, 1.82) is 0 Å². The summed E-state index contributed by atoms with van der Waals surface area (Å²) in [7, 11) is 0. The first-order chi connectivity index (χ1) is 28.3.